The van der Waals surface area contributed by atoms with Gasteiger partial charge in [0.15, 0.2) is 6.10 Å². The number of morpholine rings is 1. The van der Waals surface area contributed by atoms with Crippen LogP contribution in [0.4, 0.5) is 5.69 Å². The van der Waals surface area contributed by atoms with E-state index in [1.54, 1.807) is 36.7 Å². The molecule has 37 heavy (non-hydrogen) atoms. The molecule has 2 aliphatic rings. The van der Waals surface area contributed by atoms with E-state index in [4.69, 9.17) is 21.1 Å². The van der Waals surface area contributed by atoms with Crippen molar-refractivity contribution in [2.45, 2.75) is 19.2 Å². The van der Waals surface area contributed by atoms with Gasteiger partial charge in [-0.3, -0.25) is 19.5 Å². The minimum Gasteiger partial charge on any atom is -0.480 e. The first-order valence-corrected chi connectivity index (χ1v) is 12.6. The van der Waals surface area contributed by atoms with Crippen molar-refractivity contribution >= 4 is 34.1 Å². The van der Waals surface area contributed by atoms with E-state index in [1.807, 2.05) is 34.9 Å². The number of pyridine rings is 2. The molecule has 4 heterocycles. The number of benzene rings is 2. The molecule has 2 aromatic heterocycles. The lowest BCUT2D eigenvalue weighted by Crippen LogP contribution is -2.35. The minimum atomic E-state index is -0.473. The van der Waals surface area contributed by atoms with Gasteiger partial charge in [-0.05, 0) is 54.1 Å². The lowest BCUT2D eigenvalue weighted by molar-refractivity contribution is 0.0341. The normalized spacial score (nSPS) is 17.4. The third-order valence-electron chi connectivity index (χ3n) is 6.70. The molecule has 9 heteroatoms. The number of carbonyl (C=O) groups excluding carboxylic acids is 1. The van der Waals surface area contributed by atoms with Gasteiger partial charge in [-0.25, -0.2) is 0 Å². The molecule has 1 saturated heterocycles. The lowest BCUT2D eigenvalue weighted by Gasteiger charge is -2.30. The Kier molecular flexibility index (Phi) is 6.38. The Balaban J connectivity index is 1.44. The van der Waals surface area contributed by atoms with E-state index in [0.29, 0.717) is 53.7 Å². The zero-order valence-corrected chi connectivity index (χ0v) is 20.8. The highest BCUT2D eigenvalue weighted by atomic mass is 35.5. The Morgan fingerprint density at radius 1 is 1.11 bits per heavy atom. The lowest BCUT2D eigenvalue weighted by atomic mass is 10.0. The first kappa shape index (κ1) is 23.7. The van der Waals surface area contributed by atoms with Crippen molar-refractivity contribution in [2.24, 2.45) is 0 Å². The van der Waals surface area contributed by atoms with Crippen LogP contribution in [0.15, 0.2) is 71.8 Å². The van der Waals surface area contributed by atoms with Gasteiger partial charge in [0, 0.05) is 42.7 Å². The molecule has 2 aliphatic heterocycles. The van der Waals surface area contributed by atoms with Crippen LogP contribution in [0.1, 0.15) is 27.7 Å². The van der Waals surface area contributed by atoms with Crippen molar-refractivity contribution in [3.63, 3.8) is 0 Å². The third kappa shape index (κ3) is 4.83. The number of ether oxygens (including phenoxy) is 2. The number of hydrogen-bond acceptors (Lipinski definition) is 6. The van der Waals surface area contributed by atoms with Crippen molar-refractivity contribution in [1.82, 2.24) is 14.5 Å². The van der Waals surface area contributed by atoms with E-state index in [-0.39, 0.29) is 17.1 Å². The number of nitrogens with one attached hydrogen (secondary N) is 1. The molecular weight excluding hydrogens is 492 g/mol. The molecule has 1 N–H and O–H groups in total. The van der Waals surface area contributed by atoms with E-state index in [1.165, 1.54) is 0 Å². The van der Waals surface area contributed by atoms with E-state index in [2.05, 4.69) is 15.2 Å². The smallest absolute Gasteiger partial charge is 0.261 e. The molecule has 4 aromatic rings. The number of nitrogens with zero attached hydrogens (tertiary/aromatic N) is 3. The molecule has 0 spiro atoms. The zero-order valence-electron chi connectivity index (χ0n) is 20.0. The number of amides is 1. The second kappa shape index (κ2) is 9.97. The van der Waals surface area contributed by atoms with Crippen LogP contribution in [-0.2, 0) is 17.8 Å². The summed E-state index contributed by atoms with van der Waals surface area (Å²) in [6.45, 7) is 4.08. The maximum atomic E-state index is 13.7. The Hall–Kier alpha value is -3.72. The second-order valence-corrected chi connectivity index (χ2v) is 9.66. The predicted molar refractivity (Wildman–Crippen MR) is 141 cm³/mol. The van der Waals surface area contributed by atoms with Gasteiger partial charge in [-0.1, -0.05) is 17.7 Å². The predicted octanol–water partition coefficient (Wildman–Crippen LogP) is 4.27. The van der Waals surface area contributed by atoms with Gasteiger partial charge in [0.25, 0.3) is 5.91 Å². The fourth-order valence-corrected chi connectivity index (χ4v) is 5.01. The molecular formula is C28H25ClN4O4. The van der Waals surface area contributed by atoms with Crippen LogP contribution in [0.25, 0.3) is 10.9 Å². The van der Waals surface area contributed by atoms with Gasteiger partial charge < -0.3 is 19.4 Å². The van der Waals surface area contributed by atoms with Crippen molar-refractivity contribution in [3.8, 4) is 5.75 Å². The summed E-state index contributed by atoms with van der Waals surface area (Å²) >= 11 is 5.97. The standard InChI is InChI=1S/C28H25ClN4O4/c29-19-4-6-20(7-5-19)31-28(35)22-16-33-17-25(23-3-1-2-8-30-23)37-24-14-18(13-21(26(24)33)27(22)34)15-32-9-11-36-12-10-32/h1-8,13-14,16,25H,9-12,15,17H2,(H,31,35). The van der Waals surface area contributed by atoms with Crippen molar-refractivity contribution in [2.75, 3.05) is 31.6 Å². The summed E-state index contributed by atoms with van der Waals surface area (Å²) in [6, 6.07) is 16.4. The molecule has 6 rings (SSSR count). The molecule has 1 fully saturated rings. The van der Waals surface area contributed by atoms with E-state index < -0.39 is 5.91 Å². The van der Waals surface area contributed by atoms with Gasteiger partial charge in [0.1, 0.15) is 11.3 Å². The summed E-state index contributed by atoms with van der Waals surface area (Å²) in [6.07, 6.45) is 3.00. The Morgan fingerprint density at radius 3 is 2.68 bits per heavy atom. The molecule has 8 nitrogen and oxygen atoms in total. The molecule has 2 aromatic carbocycles. The SMILES string of the molecule is O=C(Nc1ccc(Cl)cc1)c1cn2c3c(cc(CN4CCOCC4)cc3c1=O)OC(c1ccccn1)C2. The third-order valence-corrected chi connectivity index (χ3v) is 6.95. The number of rotatable bonds is 5. The van der Waals surface area contributed by atoms with Crippen LogP contribution in [0, 0.1) is 0 Å². The molecule has 1 amide bonds. The molecule has 188 valence electrons. The molecule has 0 bridgehead atoms. The summed E-state index contributed by atoms with van der Waals surface area (Å²) in [7, 11) is 0. The Bertz CT molecular complexity index is 1520. The molecule has 0 aliphatic carbocycles. The molecule has 1 unspecified atom stereocenters. The molecule has 0 radical (unpaired) electrons. The van der Waals surface area contributed by atoms with Crippen LogP contribution in [0.3, 0.4) is 0 Å². The fourth-order valence-electron chi connectivity index (χ4n) is 4.88. The number of hydrogen-bond donors (Lipinski definition) is 1. The molecule has 0 saturated carbocycles. The number of aromatic nitrogens is 2. The minimum absolute atomic E-state index is 0.0681. The van der Waals surface area contributed by atoms with Gasteiger partial charge in [-0.15, -0.1) is 0 Å². The highest BCUT2D eigenvalue weighted by molar-refractivity contribution is 6.30. The van der Waals surface area contributed by atoms with Gasteiger partial charge >= 0.3 is 0 Å². The van der Waals surface area contributed by atoms with Crippen LogP contribution in [0.2, 0.25) is 5.02 Å². The summed E-state index contributed by atoms with van der Waals surface area (Å²) in [4.78, 5) is 33.7. The average molecular weight is 517 g/mol. The van der Waals surface area contributed by atoms with E-state index >= 15 is 0 Å². The number of anilines is 1. The van der Waals surface area contributed by atoms with E-state index in [9.17, 15) is 9.59 Å². The van der Waals surface area contributed by atoms with Gasteiger partial charge in [0.05, 0.1) is 36.4 Å². The highest BCUT2D eigenvalue weighted by Crippen LogP contribution is 2.36. The first-order valence-electron chi connectivity index (χ1n) is 12.2. The average Bonchev–Trinajstić information content (AvgIpc) is 2.92. The second-order valence-electron chi connectivity index (χ2n) is 9.23. The fraction of sp³-hybridized carbons (Fsp3) is 0.250. The van der Waals surface area contributed by atoms with Crippen molar-refractivity contribution in [3.05, 3.63) is 99.1 Å². The Labute approximate surface area is 218 Å². The number of carbonyl (C=O) groups is 1. The van der Waals surface area contributed by atoms with Gasteiger partial charge in [0.2, 0.25) is 5.43 Å². The maximum absolute atomic E-state index is 13.7. The summed E-state index contributed by atoms with van der Waals surface area (Å²) in [5, 5.41) is 3.85. The highest BCUT2D eigenvalue weighted by Gasteiger charge is 2.28. The first-order chi connectivity index (χ1) is 18.0. The van der Waals surface area contributed by atoms with E-state index in [0.717, 1.165) is 24.3 Å². The largest absolute Gasteiger partial charge is 0.480 e. The summed E-state index contributed by atoms with van der Waals surface area (Å²) < 4.78 is 13.8. The van der Waals surface area contributed by atoms with Crippen LogP contribution < -0.4 is 15.5 Å². The number of halogens is 1. The summed E-state index contributed by atoms with van der Waals surface area (Å²) in [5.74, 6) is 0.142. The van der Waals surface area contributed by atoms with Crippen LogP contribution in [-0.4, -0.2) is 46.7 Å². The van der Waals surface area contributed by atoms with Gasteiger partial charge in [-0.2, -0.15) is 0 Å². The monoisotopic (exact) mass is 516 g/mol. The van der Waals surface area contributed by atoms with Crippen molar-refractivity contribution in [1.29, 1.82) is 0 Å². The topological polar surface area (TPSA) is 85.7 Å². The maximum Gasteiger partial charge on any atom is 0.261 e. The molecule has 1 atom stereocenters. The Morgan fingerprint density at radius 2 is 1.92 bits per heavy atom. The summed E-state index contributed by atoms with van der Waals surface area (Å²) in [5.41, 5.74) is 2.71. The van der Waals surface area contributed by atoms with Crippen LogP contribution in [0.5, 0.6) is 5.75 Å². The van der Waals surface area contributed by atoms with Crippen LogP contribution >= 0.6 is 11.6 Å². The quantitative estimate of drug-likeness (QED) is 0.426. The van der Waals surface area contributed by atoms with Crippen molar-refractivity contribution < 1.29 is 14.3 Å². The zero-order chi connectivity index (χ0) is 25.4.